The summed E-state index contributed by atoms with van der Waals surface area (Å²) in [5, 5.41) is 9.54. The standard InChI is InChI=1S/C10H16O3/c1-2-7-13-10(12)9(11)8-5-3-4-6-8/h2,8-9,11H,1,3-7H2. The van der Waals surface area contributed by atoms with Crippen LogP contribution in [0, 0.1) is 5.92 Å². The van der Waals surface area contributed by atoms with Crippen LogP contribution in [0.3, 0.4) is 0 Å². The summed E-state index contributed by atoms with van der Waals surface area (Å²) in [5.41, 5.74) is 0. The van der Waals surface area contributed by atoms with Crippen molar-refractivity contribution in [3.8, 4) is 0 Å². The van der Waals surface area contributed by atoms with Gasteiger partial charge in [-0.15, -0.1) is 0 Å². The molecule has 0 aromatic rings. The molecule has 0 aromatic heterocycles. The zero-order chi connectivity index (χ0) is 9.68. The van der Waals surface area contributed by atoms with Gasteiger partial charge in [-0.25, -0.2) is 4.79 Å². The Balaban J connectivity index is 2.31. The first-order valence-corrected chi connectivity index (χ1v) is 4.71. The Labute approximate surface area is 78.4 Å². The van der Waals surface area contributed by atoms with Crippen molar-refractivity contribution >= 4 is 5.97 Å². The molecule has 0 spiro atoms. The topological polar surface area (TPSA) is 46.5 Å². The Morgan fingerprint density at radius 1 is 1.62 bits per heavy atom. The van der Waals surface area contributed by atoms with Crippen molar-refractivity contribution in [3.63, 3.8) is 0 Å². The molecule has 0 aliphatic heterocycles. The van der Waals surface area contributed by atoms with Gasteiger partial charge in [0.25, 0.3) is 0 Å². The SMILES string of the molecule is C=CCOC(=O)C(O)C1CCCC1. The van der Waals surface area contributed by atoms with E-state index in [4.69, 9.17) is 4.74 Å². The van der Waals surface area contributed by atoms with Crippen LogP contribution >= 0.6 is 0 Å². The van der Waals surface area contributed by atoms with Crippen molar-refractivity contribution in [1.82, 2.24) is 0 Å². The van der Waals surface area contributed by atoms with Gasteiger partial charge in [0.15, 0.2) is 6.10 Å². The molecule has 1 unspecified atom stereocenters. The van der Waals surface area contributed by atoms with Crippen LogP contribution < -0.4 is 0 Å². The summed E-state index contributed by atoms with van der Waals surface area (Å²) in [5.74, 6) is -0.399. The van der Waals surface area contributed by atoms with Crippen LogP contribution in [0.1, 0.15) is 25.7 Å². The molecule has 1 N–H and O–H groups in total. The third-order valence-corrected chi connectivity index (χ3v) is 2.43. The van der Waals surface area contributed by atoms with Gasteiger partial charge in [-0.05, 0) is 18.8 Å². The number of hydrogen-bond donors (Lipinski definition) is 1. The molecule has 0 radical (unpaired) electrons. The lowest BCUT2D eigenvalue weighted by molar-refractivity contribution is -0.155. The molecular weight excluding hydrogens is 168 g/mol. The number of ether oxygens (including phenoxy) is 1. The van der Waals surface area contributed by atoms with Crippen molar-refractivity contribution in [3.05, 3.63) is 12.7 Å². The highest BCUT2D eigenvalue weighted by Crippen LogP contribution is 2.28. The van der Waals surface area contributed by atoms with Gasteiger partial charge >= 0.3 is 5.97 Å². The molecule has 3 nitrogen and oxygen atoms in total. The molecule has 1 fully saturated rings. The maximum Gasteiger partial charge on any atom is 0.335 e. The van der Waals surface area contributed by atoms with Gasteiger partial charge in [-0.3, -0.25) is 0 Å². The van der Waals surface area contributed by atoms with Gasteiger partial charge in [-0.1, -0.05) is 25.5 Å². The van der Waals surface area contributed by atoms with Gasteiger partial charge in [-0.2, -0.15) is 0 Å². The summed E-state index contributed by atoms with van der Waals surface area (Å²) >= 11 is 0. The van der Waals surface area contributed by atoms with Crippen molar-refractivity contribution in [2.45, 2.75) is 31.8 Å². The molecule has 1 aliphatic rings. The number of hydrogen-bond acceptors (Lipinski definition) is 3. The molecule has 13 heavy (non-hydrogen) atoms. The summed E-state index contributed by atoms with van der Waals surface area (Å²) < 4.78 is 4.76. The van der Waals surface area contributed by atoms with Crippen LogP contribution in [0.25, 0.3) is 0 Å². The Bertz CT molecular complexity index is 183. The fraction of sp³-hybridized carbons (Fsp3) is 0.700. The fourth-order valence-electron chi connectivity index (χ4n) is 1.69. The van der Waals surface area contributed by atoms with Crippen molar-refractivity contribution in [2.75, 3.05) is 6.61 Å². The minimum Gasteiger partial charge on any atom is -0.460 e. The number of carbonyl (C=O) groups is 1. The normalized spacial score (nSPS) is 19.8. The molecule has 1 rings (SSSR count). The van der Waals surface area contributed by atoms with Crippen molar-refractivity contribution < 1.29 is 14.6 Å². The number of esters is 1. The molecule has 74 valence electrons. The summed E-state index contributed by atoms with van der Waals surface area (Å²) in [6, 6.07) is 0. The number of aliphatic hydroxyl groups is 1. The van der Waals surface area contributed by atoms with Crippen molar-refractivity contribution in [1.29, 1.82) is 0 Å². The van der Waals surface area contributed by atoms with Crippen LogP contribution in [-0.4, -0.2) is 23.8 Å². The van der Waals surface area contributed by atoms with Gasteiger partial charge in [0.1, 0.15) is 6.61 Å². The second-order valence-electron chi connectivity index (χ2n) is 3.41. The molecule has 0 saturated heterocycles. The molecule has 0 amide bonds. The average molecular weight is 184 g/mol. The molecule has 0 bridgehead atoms. The molecule has 3 heteroatoms. The first-order valence-electron chi connectivity index (χ1n) is 4.71. The first-order chi connectivity index (χ1) is 6.25. The predicted octanol–water partition coefficient (Wildman–Crippen LogP) is 1.27. The highest BCUT2D eigenvalue weighted by Gasteiger charge is 2.29. The summed E-state index contributed by atoms with van der Waals surface area (Å²) in [4.78, 5) is 11.2. The number of aliphatic hydroxyl groups excluding tert-OH is 1. The lowest BCUT2D eigenvalue weighted by atomic mass is 10.0. The van der Waals surface area contributed by atoms with E-state index in [1.165, 1.54) is 6.08 Å². The third kappa shape index (κ3) is 2.84. The predicted molar refractivity (Wildman–Crippen MR) is 49.1 cm³/mol. The highest BCUT2D eigenvalue weighted by molar-refractivity contribution is 5.74. The zero-order valence-electron chi connectivity index (χ0n) is 7.74. The van der Waals surface area contributed by atoms with Crippen LogP contribution in [-0.2, 0) is 9.53 Å². The van der Waals surface area contributed by atoms with E-state index < -0.39 is 12.1 Å². The van der Waals surface area contributed by atoms with E-state index in [0.717, 1.165) is 25.7 Å². The Morgan fingerprint density at radius 3 is 2.77 bits per heavy atom. The maximum atomic E-state index is 11.2. The van der Waals surface area contributed by atoms with E-state index in [9.17, 15) is 9.90 Å². The van der Waals surface area contributed by atoms with E-state index in [-0.39, 0.29) is 12.5 Å². The third-order valence-electron chi connectivity index (χ3n) is 2.43. The molecule has 1 aliphatic carbocycles. The van der Waals surface area contributed by atoms with E-state index in [1.807, 2.05) is 0 Å². The molecular formula is C10H16O3. The van der Waals surface area contributed by atoms with Crippen LogP contribution in [0.5, 0.6) is 0 Å². The summed E-state index contributed by atoms with van der Waals surface area (Å²) in [7, 11) is 0. The highest BCUT2D eigenvalue weighted by atomic mass is 16.5. The van der Waals surface area contributed by atoms with E-state index in [0.29, 0.717) is 0 Å². The molecule has 1 saturated carbocycles. The molecule has 0 heterocycles. The van der Waals surface area contributed by atoms with Crippen molar-refractivity contribution in [2.24, 2.45) is 5.92 Å². The van der Waals surface area contributed by atoms with Gasteiger partial charge in [0, 0.05) is 0 Å². The number of carbonyl (C=O) groups excluding carboxylic acids is 1. The largest absolute Gasteiger partial charge is 0.460 e. The maximum absolute atomic E-state index is 11.2. The van der Waals surface area contributed by atoms with Gasteiger partial charge < -0.3 is 9.84 Å². The van der Waals surface area contributed by atoms with Gasteiger partial charge in [0.2, 0.25) is 0 Å². The quantitative estimate of drug-likeness (QED) is 0.528. The second-order valence-corrected chi connectivity index (χ2v) is 3.41. The lowest BCUT2D eigenvalue weighted by Crippen LogP contribution is -2.29. The smallest absolute Gasteiger partial charge is 0.335 e. The minimum absolute atomic E-state index is 0.109. The fourth-order valence-corrected chi connectivity index (χ4v) is 1.69. The molecule has 0 aromatic carbocycles. The Morgan fingerprint density at radius 2 is 2.23 bits per heavy atom. The Kier molecular flexibility index (Phi) is 3.96. The van der Waals surface area contributed by atoms with Crippen LogP contribution in [0.15, 0.2) is 12.7 Å². The number of rotatable bonds is 4. The minimum atomic E-state index is -0.928. The first kappa shape index (κ1) is 10.3. The second kappa shape index (κ2) is 5.02. The molecule has 1 atom stereocenters. The monoisotopic (exact) mass is 184 g/mol. The zero-order valence-corrected chi connectivity index (χ0v) is 7.74. The van der Waals surface area contributed by atoms with E-state index in [1.54, 1.807) is 0 Å². The van der Waals surface area contributed by atoms with Crippen LogP contribution in [0.4, 0.5) is 0 Å². The van der Waals surface area contributed by atoms with E-state index in [2.05, 4.69) is 6.58 Å². The lowest BCUT2D eigenvalue weighted by Gasteiger charge is -2.15. The summed E-state index contributed by atoms with van der Waals surface area (Å²) in [6.07, 6.45) is 4.66. The van der Waals surface area contributed by atoms with E-state index >= 15 is 0 Å². The summed E-state index contributed by atoms with van der Waals surface area (Å²) in [6.45, 7) is 3.61. The Hall–Kier alpha value is -0.830. The average Bonchev–Trinajstić information content (AvgIpc) is 2.65. The van der Waals surface area contributed by atoms with Gasteiger partial charge in [0.05, 0.1) is 0 Å². The van der Waals surface area contributed by atoms with Crippen LogP contribution in [0.2, 0.25) is 0 Å².